The molecule has 0 saturated carbocycles. The minimum absolute atomic E-state index is 0.00775. The molecule has 0 bridgehead atoms. The van der Waals surface area contributed by atoms with Gasteiger partial charge in [-0.25, -0.2) is 4.79 Å². The molecule has 0 aliphatic heterocycles. The molecular weight excluding hydrogens is 374 g/mol. The molecule has 8 heteroatoms. The number of nitrogens with one attached hydrogen (secondary N) is 1. The Morgan fingerprint density at radius 2 is 1.88 bits per heavy atom. The molecule has 0 saturated heterocycles. The van der Waals surface area contributed by atoms with Gasteiger partial charge in [0.25, 0.3) is 0 Å². The van der Waals surface area contributed by atoms with Gasteiger partial charge in [-0.05, 0) is 25.0 Å². The molecule has 2 rings (SSSR count). The number of hydrogen-bond acceptors (Lipinski definition) is 6. The number of hydrogen-bond donors (Lipinski definition) is 2. The normalized spacial score (nSPS) is 10.4. The summed E-state index contributed by atoms with van der Waals surface area (Å²) in [5.41, 5.74) is 2.03. The molecule has 0 aliphatic carbocycles. The lowest BCUT2D eigenvalue weighted by Gasteiger charge is -2.06. The van der Waals surface area contributed by atoms with Gasteiger partial charge < -0.3 is 15.2 Å². The number of carbonyl (C=O) groups excluding carboxylic acids is 2. The largest absolute Gasteiger partial charge is 0.481 e. The first-order valence-corrected chi connectivity index (χ1v) is 9.86. The summed E-state index contributed by atoms with van der Waals surface area (Å²) in [5, 5.41) is 11.8. The van der Waals surface area contributed by atoms with E-state index in [1.165, 1.54) is 11.3 Å². The van der Waals surface area contributed by atoms with Crippen molar-refractivity contribution in [3.05, 3.63) is 41.5 Å². The fourth-order valence-corrected chi connectivity index (χ4v) is 4.06. The molecule has 6 nitrogen and oxygen atoms in total. The lowest BCUT2D eigenvalue weighted by Crippen LogP contribution is -2.17. The second-order valence-corrected chi connectivity index (χ2v) is 7.29. The minimum Gasteiger partial charge on any atom is -0.481 e. The Labute approximate surface area is 159 Å². The van der Waals surface area contributed by atoms with Gasteiger partial charge >= 0.3 is 11.9 Å². The monoisotopic (exact) mass is 393 g/mol. The Bertz CT molecular complexity index is 801. The zero-order valence-corrected chi connectivity index (χ0v) is 16.0. The maximum absolute atomic E-state index is 12.4. The SMILES string of the molecule is CCOC(=O)c1c(NC(=O)CSCC(=O)O)sc(-c2ccccc2)c1C. The fraction of sp³-hybridized carbons (Fsp3) is 0.278. The average molecular weight is 393 g/mol. The Kier molecular flexibility index (Phi) is 7.23. The highest BCUT2D eigenvalue weighted by molar-refractivity contribution is 8.00. The molecule has 0 fully saturated rings. The molecule has 1 aromatic heterocycles. The van der Waals surface area contributed by atoms with Crippen LogP contribution in [0.2, 0.25) is 0 Å². The van der Waals surface area contributed by atoms with Crippen LogP contribution in [0, 0.1) is 6.92 Å². The molecule has 1 aromatic carbocycles. The van der Waals surface area contributed by atoms with E-state index < -0.39 is 11.9 Å². The van der Waals surface area contributed by atoms with Gasteiger partial charge in [-0.15, -0.1) is 23.1 Å². The molecule has 2 N–H and O–H groups in total. The third kappa shape index (κ3) is 5.09. The molecule has 138 valence electrons. The highest BCUT2D eigenvalue weighted by Crippen LogP contribution is 2.40. The lowest BCUT2D eigenvalue weighted by molar-refractivity contribution is -0.133. The first-order valence-electron chi connectivity index (χ1n) is 7.89. The van der Waals surface area contributed by atoms with Crippen molar-refractivity contribution in [2.75, 3.05) is 23.4 Å². The van der Waals surface area contributed by atoms with Crippen LogP contribution in [0.25, 0.3) is 10.4 Å². The second-order valence-electron chi connectivity index (χ2n) is 5.28. The highest BCUT2D eigenvalue weighted by atomic mass is 32.2. The van der Waals surface area contributed by atoms with Crippen LogP contribution in [0.4, 0.5) is 5.00 Å². The van der Waals surface area contributed by atoms with Crippen LogP contribution in [0.5, 0.6) is 0 Å². The van der Waals surface area contributed by atoms with Crippen LogP contribution < -0.4 is 5.32 Å². The Morgan fingerprint density at radius 1 is 1.19 bits per heavy atom. The number of carboxylic acid groups (broad SMARTS) is 1. The number of carboxylic acids is 1. The van der Waals surface area contributed by atoms with Crippen molar-refractivity contribution in [3.63, 3.8) is 0 Å². The number of thiophene rings is 1. The Balaban J connectivity index is 2.30. The van der Waals surface area contributed by atoms with Crippen molar-refractivity contribution in [3.8, 4) is 10.4 Å². The molecular formula is C18H19NO5S2. The van der Waals surface area contributed by atoms with Crippen LogP contribution in [-0.2, 0) is 14.3 Å². The summed E-state index contributed by atoms with van der Waals surface area (Å²) in [6.45, 7) is 3.77. The molecule has 0 radical (unpaired) electrons. The van der Waals surface area contributed by atoms with E-state index in [0.717, 1.165) is 27.8 Å². The zero-order chi connectivity index (χ0) is 19.1. The molecule has 1 amide bonds. The number of amides is 1. The van der Waals surface area contributed by atoms with Gasteiger partial charge in [-0.1, -0.05) is 30.3 Å². The maximum Gasteiger partial charge on any atom is 0.341 e. The van der Waals surface area contributed by atoms with Gasteiger partial charge in [0.1, 0.15) is 5.00 Å². The van der Waals surface area contributed by atoms with Crippen molar-refractivity contribution >= 4 is 45.9 Å². The van der Waals surface area contributed by atoms with Crippen LogP contribution >= 0.6 is 23.1 Å². The first kappa shape index (κ1) is 20.0. The Morgan fingerprint density at radius 3 is 2.50 bits per heavy atom. The topological polar surface area (TPSA) is 92.7 Å². The summed E-state index contributed by atoms with van der Waals surface area (Å²) in [6.07, 6.45) is 0. The van der Waals surface area contributed by atoms with Crippen molar-refractivity contribution in [2.45, 2.75) is 13.8 Å². The van der Waals surface area contributed by atoms with E-state index in [4.69, 9.17) is 9.84 Å². The lowest BCUT2D eigenvalue weighted by atomic mass is 10.1. The summed E-state index contributed by atoms with van der Waals surface area (Å²) < 4.78 is 5.13. The van der Waals surface area contributed by atoms with E-state index in [1.54, 1.807) is 6.92 Å². The molecule has 26 heavy (non-hydrogen) atoms. The zero-order valence-electron chi connectivity index (χ0n) is 14.4. The second kappa shape index (κ2) is 9.40. The predicted octanol–water partition coefficient (Wildman–Crippen LogP) is 3.66. The molecule has 0 atom stereocenters. The summed E-state index contributed by atoms with van der Waals surface area (Å²) in [5.74, 6) is -1.99. The molecule has 1 heterocycles. The minimum atomic E-state index is -0.978. The third-order valence-electron chi connectivity index (χ3n) is 3.37. The standard InChI is InChI=1S/C18H19NO5S2/c1-3-24-18(23)15-11(2)16(12-7-5-4-6-8-12)26-17(15)19-13(20)9-25-10-14(21)22/h4-8H,3,9-10H2,1-2H3,(H,19,20)(H,21,22). The smallest absolute Gasteiger partial charge is 0.341 e. The number of benzene rings is 1. The predicted molar refractivity (Wildman–Crippen MR) is 104 cm³/mol. The van der Waals surface area contributed by atoms with E-state index in [0.29, 0.717) is 10.6 Å². The number of rotatable bonds is 8. The van der Waals surface area contributed by atoms with Crippen molar-refractivity contribution in [2.24, 2.45) is 0 Å². The van der Waals surface area contributed by atoms with Crippen molar-refractivity contribution < 1.29 is 24.2 Å². The van der Waals surface area contributed by atoms with Gasteiger partial charge in [0.15, 0.2) is 0 Å². The molecule has 0 spiro atoms. The number of esters is 1. The summed E-state index contributed by atoms with van der Waals surface area (Å²) >= 11 is 2.30. The number of aliphatic carboxylic acids is 1. The fourth-order valence-electron chi connectivity index (χ4n) is 2.31. The third-order valence-corrected chi connectivity index (χ3v) is 5.55. The maximum atomic E-state index is 12.4. The Hall–Kier alpha value is -2.32. The van der Waals surface area contributed by atoms with E-state index >= 15 is 0 Å². The summed E-state index contributed by atoms with van der Waals surface area (Å²) in [7, 11) is 0. The first-order chi connectivity index (χ1) is 12.4. The van der Waals surface area contributed by atoms with Gasteiger partial charge in [0.2, 0.25) is 5.91 Å². The van der Waals surface area contributed by atoms with Crippen LogP contribution in [0.15, 0.2) is 30.3 Å². The van der Waals surface area contributed by atoms with Crippen LogP contribution in [-0.4, -0.2) is 41.1 Å². The average Bonchev–Trinajstić information content (AvgIpc) is 2.91. The van der Waals surface area contributed by atoms with E-state index in [1.807, 2.05) is 37.3 Å². The van der Waals surface area contributed by atoms with Gasteiger partial charge in [0.05, 0.1) is 23.7 Å². The van der Waals surface area contributed by atoms with Crippen molar-refractivity contribution in [1.82, 2.24) is 0 Å². The summed E-state index contributed by atoms with van der Waals surface area (Å²) in [4.78, 5) is 35.9. The number of ether oxygens (including phenoxy) is 1. The molecule has 0 unspecified atom stereocenters. The van der Waals surface area contributed by atoms with Gasteiger partial charge in [-0.3, -0.25) is 9.59 Å². The van der Waals surface area contributed by atoms with Gasteiger partial charge in [0, 0.05) is 4.88 Å². The highest BCUT2D eigenvalue weighted by Gasteiger charge is 2.24. The quantitative estimate of drug-likeness (QED) is 0.665. The molecule has 2 aromatic rings. The van der Waals surface area contributed by atoms with Crippen LogP contribution in [0.1, 0.15) is 22.8 Å². The van der Waals surface area contributed by atoms with Crippen LogP contribution in [0.3, 0.4) is 0 Å². The molecule has 0 aliphatic rings. The number of anilines is 1. The van der Waals surface area contributed by atoms with E-state index in [2.05, 4.69) is 5.32 Å². The van der Waals surface area contributed by atoms with Gasteiger partial charge in [-0.2, -0.15) is 0 Å². The van der Waals surface area contributed by atoms with E-state index in [9.17, 15) is 14.4 Å². The van der Waals surface area contributed by atoms with E-state index in [-0.39, 0.29) is 24.0 Å². The van der Waals surface area contributed by atoms with Crippen molar-refractivity contribution in [1.29, 1.82) is 0 Å². The number of thioether (sulfide) groups is 1. The summed E-state index contributed by atoms with van der Waals surface area (Å²) in [6, 6.07) is 9.57. The number of carbonyl (C=O) groups is 3.